The molecule has 0 radical (unpaired) electrons. The molecule has 7 rings (SSSR count). The molecule has 0 amide bonds. The molecule has 0 unspecified atom stereocenters. The molecule has 46 heavy (non-hydrogen) atoms. The molecule has 3 aromatic carbocycles. The smallest absolute Gasteiger partial charge is 0.269 e. The first kappa shape index (κ1) is 29.6. The number of aryl methyl sites for hydroxylation is 1. The highest BCUT2D eigenvalue weighted by molar-refractivity contribution is 7.90. The fourth-order valence-corrected chi connectivity index (χ4v) is 7.67. The lowest BCUT2D eigenvalue weighted by Crippen LogP contribution is -2.18. The predicted molar refractivity (Wildman–Crippen MR) is 178 cm³/mol. The molecule has 3 aromatic heterocycles. The summed E-state index contributed by atoms with van der Waals surface area (Å²) in [7, 11) is -4.04. The number of fused-ring (bicyclic) bond motifs is 1. The van der Waals surface area contributed by atoms with Gasteiger partial charge in [-0.2, -0.15) is 5.10 Å². The summed E-state index contributed by atoms with van der Waals surface area (Å²) in [4.78, 5) is 18.1. The fourth-order valence-electron chi connectivity index (χ4n) is 6.17. The van der Waals surface area contributed by atoms with Crippen LogP contribution in [0.2, 0.25) is 0 Å². The maximum atomic E-state index is 14.3. The highest BCUT2D eigenvalue weighted by atomic mass is 32.2. The van der Waals surface area contributed by atoms with Crippen LogP contribution < -0.4 is 0 Å². The maximum Gasteiger partial charge on any atom is 0.269 e. The van der Waals surface area contributed by atoms with Crippen LogP contribution in [0.4, 0.5) is 5.69 Å². The molecule has 0 N–H and O–H groups in total. The molecular weight excluding hydrogens is 600 g/mol. The number of rotatable bonds is 9. The van der Waals surface area contributed by atoms with Crippen LogP contribution in [0, 0.1) is 10.1 Å². The van der Waals surface area contributed by atoms with E-state index in [2.05, 4.69) is 22.0 Å². The summed E-state index contributed by atoms with van der Waals surface area (Å²) >= 11 is 0. The van der Waals surface area contributed by atoms with Crippen molar-refractivity contribution in [3.05, 3.63) is 119 Å². The lowest BCUT2D eigenvalue weighted by molar-refractivity contribution is -0.384. The third-order valence-corrected chi connectivity index (χ3v) is 10.2. The summed E-state index contributed by atoms with van der Waals surface area (Å²) in [6.45, 7) is 5.64. The van der Waals surface area contributed by atoms with Gasteiger partial charge < -0.3 is 0 Å². The molecule has 1 aliphatic rings. The maximum absolute atomic E-state index is 14.3. The van der Waals surface area contributed by atoms with E-state index in [-0.39, 0.29) is 10.6 Å². The molecule has 0 atom stereocenters. The van der Waals surface area contributed by atoms with Crippen LogP contribution in [0.15, 0.2) is 108 Å². The van der Waals surface area contributed by atoms with E-state index in [9.17, 15) is 18.5 Å². The second-order valence-corrected chi connectivity index (χ2v) is 13.2. The van der Waals surface area contributed by atoms with Crippen molar-refractivity contribution in [2.24, 2.45) is 0 Å². The Hall–Kier alpha value is -5.13. The van der Waals surface area contributed by atoms with Gasteiger partial charge in [-0.25, -0.2) is 17.4 Å². The van der Waals surface area contributed by atoms with Crippen LogP contribution in [0.3, 0.4) is 0 Å². The minimum Gasteiger partial charge on any atom is -0.299 e. The largest absolute Gasteiger partial charge is 0.299 e. The zero-order valence-corrected chi connectivity index (χ0v) is 26.1. The highest BCUT2D eigenvalue weighted by Crippen LogP contribution is 2.40. The molecule has 4 heterocycles. The second-order valence-electron chi connectivity index (χ2n) is 11.4. The van der Waals surface area contributed by atoms with E-state index in [1.807, 2.05) is 37.4 Å². The zero-order chi connectivity index (χ0) is 31.8. The van der Waals surface area contributed by atoms with Gasteiger partial charge in [-0.3, -0.25) is 19.7 Å². The first-order valence-corrected chi connectivity index (χ1v) is 16.7. The van der Waals surface area contributed by atoms with E-state index < -0.39 is 14.9 Å². The Balaban J connectivity index is 1.42. The Morgan fingerprint density at radius 2 is 1.57 bits per heavy atom. The van der Waals surface area contributed by atoms with E-state index in [0.717, 1.165) is 36.3 Å². The predicted octanol–water partition coefficient (Wildman–Crippen LogP) is 6.99. The van der Waals surface area contributed by atoms with Crippen LogP contribution in [0.25, 0.3) is 44.7 Å². The minimum absolute atomic E-state index is 0.00851. The van der Waals surface area contributed by atoms with E-state index in [1.54, 1.807) is 53.3 Å². The Bertz CT molecular complexity index is 2150. The van der Waals surface area contributed by atoms with Gasteiger partial charge in [-0.15, -0.1) is 0 Å². The summed E-state index contributed by atoms with van der Waals surface area (Å²) in [5.74, 6) is 0. The third-order valence-electron chi connectivity index (χ3n) is 8.52. The topological polar surface area (TPSA) is 116 Å². The van der Waals surface area contributed by atoms with Crippen LogP contribution in [0.5, 0.6) is 0 Å². The average molecular weight is 633 g/mol. The van der Waals surface area contributed by atoms with Crippen LogP contribution in [-0.4, -0.2) is 50.1 Å². The standard InChI is InChI=1S/C35H32N6O4S/c1-2-39-24-32(34(37-39)27-14-16-28(17-15-27)41(42)43)30-18-19-36-35-31(30)22-33(40(35)46(44,45)29-8-4-3-5-9-29)26-12-10-25(11-13-26)23-38-20-6-7-21-38/h3-5,8-19,22,24H,2,6-7,20-21,23H2,1H3. The van der Waals surface area contributed by atoms with Crippen LogP contribution in [0.1, 0.15) is 25.3 Å². The van der Waals surface area contributed by atoms with Gasteiger partial charge in [0, 0.05) is 54.1 Å². The van der Waals surface area contributed by atoms with E-state index in [0.29, 0.717) is 34.5 Å². The normalized spacial score (nSPS) is 13.8. The summed E-state index contributed by atoms with van der Waals surface area (Å²) in [6, 6.07) is 26.5. The molecule has 11 heteroatoms. The SMILES string of the molecule is CCn1cc(-c2ccnc3c2cc(-c2ccc(CN4CCCC4)cc2)n3S(=O)(=O)c2ccccc2)c(-c2ccc([N+](=O)[O-])cc2)n1. The van der Waals surface area contributed by atoms with Gasteiger partial charge in [0.15, 0.2) is 5.65 Å². The minimum atomic E-state index is -4.04. The first-order valence-electron chi connectivity index (χ1n) is 15.3. The van der Waals surface area contributed by atoms with Gasteiger partial charge in [0.25, 0.3) is 15.7 Å². The van der Waals surface area contributed by atoms with Crippen molar-refractivity contribution in [1.82, 2.24) is 23.6 Å². The molecule has 0 aliphatic carbocycles. The molecular formula is C35H32N6O4S. The molecule has 1 fully saturated rings. The highest BCUT2D eigenvalue weighted by Gasteiger charge is 2.27. The van der Waals surface area contributed by atoms with Gasteiger partial charge in [-0.1, -0.05) is 42.5 Å². The number of pyridine rings is 1. The molecule has 0 saturated carbocycles. The van der Waals surface area contributed by atoms with Gasteiger partial charge >= 0.3 is 0 Å². The van der Waals surface area contributed by atoms with Gasteiger partial charge in [0.2, 0.25) is 0 Å². The van der Waals surface area contributed by atoms with Crippen molar-refractivity contribution >= 4 is 26.7 Å². The summed E-state index contributed by atoms with van der Waals surface area (Å²) in [5, 5.41) is 16.7. The number of nitro groups is 1. The van der Waals surface area contributed by atoms with E-state index in [4.69, 9.17) is 5.10 Å². The first-order chi connectivity index (χ1) is 22.3. The number of non-ortho nitro benzene ring substituents is 1. The molecule has 6 aromatic rings. The summed E-state index contributed by atoms with van der Waals surface area (Å²) in [5.41, 5.74) is 5.61. The van der Waals surface area contributed by atoms with Crippen LogP contribution in [-0.2, 0) is 23.1 Å². The molecule has 10 nitrogen and oxygen atoms in total. The number of hydrogen-bond donors (Lipinski definition) is 0. The van der Waals surface area contributed by atoms with Gasteiger partial charge in [-0.05, 0) is 85.9 Å². The van der Waals surface area contributed by atoms with Crippen molar-refractivity contribution < 1.29 is 13.3 Å². The van der Waals surface area contributed by atoms with Crippen LogP contribution >= 0.6 is 0 Å². The summed E-state index contributed by atoms with van der Waals surface area (Å²) in [6.07, 6.45) is 5.96. The number of hydrogen-bond acceptors (Lipinski definition) is 7. The van der Waals surface area contributed by atoms with Gasteiger partial charge in [0.05, 0.1) is 15.5 Å². The van der Waals surface area contributed by atoms with E-state index >= 15 is 0 Å². The Morgan fingerprint density at radius 1 is 0.870 bits per heavy atom. The monoisotopic (exact) mass is 632 g/mol. The van der Waals surface area contributed by atoms with Crippen molar-refractivity contribution in [3.8, 4) is 33.6 Å². The third kappa shape index (κ3) is 5.37. The Kier molecular flexibility index (Phi) is 7.71. The molecule has 1 aliphatic heterocycles. The Labute approximate surface area is 266 Å². The Morgan fingerprint density at radius 3 is 2.24 bits per heavy atom. The molecule has 0 spiro atoms. The second kappa shape index (κ2) is 12.0. The molecule has 232 valence electrons. The zero-order valence-electron chi connectivity index (χ0n) is 25.3. The average Bonchev–Trinajstić information content (AvgIpc) is 3.84. The van der Waals surface area contributed by atoms with Gasteiger partial charge in [0.1, 0.15) is 5.69 Å². The number of benzene rings is 3. The lowest BCUT2D eigenvalue weighted by Gasteiger charge is -2.15. The molecule has 0 bridgehead atoms. The quantitative estimate of drug-likeness (QED) is 0.125. The van der Waals surface area contributed by atoms with Crippen molar-refractivity contribution in [2.75, 3.05) is 13.1 Å². The fraction of sp³-hybridized carbons (Fsp3) is 0.200. The lowest BCUT2D eigenvalue weighted by atomic mass is 10.00. The number of aromatic nitrogens is 4. The van der Waals surface area contributed by atoms with Crippen molar-refractivity contribution in [1.29, 1.82) is 0 Å². The van der Waals surface area contributed by atoms with Crippen molar-refractivity contribution in [3.63, 3.8) is 0 Å². The van der Waals surface area contributed by atoms with Crippen molar-refractivity contribution in [2.45, 2.75) is 37.8 Å². The molecule has 1 saturated heterocycles. The summed E-state index contributed by atoms with van der Waals surface area (Å²) < 4.78 is 31.8. The number of likely N-dealkylation sites (tertiary alicyclic amines) is 1. The number of nitrogens with zero attached hydrogens (tertiary/aromatic N) is 6. The van der Waals surface area contributed by atoms with E-state index in [1.165, 1.54) is 34.5 Å². The number of nitro benzene ring substituents is 1.